The van der Waals surface area contributed by atoms with E-state index in [9.17, 15) is 4.79 Å². The third kappa shape index (κ3) is 6.30. The molecule has 1 aromatic rings. The van der Waals surface area contributed by atoms with Gasteiger partial charge in [0.25, 0.3) is 0 Å². The van der Waals surface area contributed by atoms with Crippen LogP contribution in [0.15, 0.2) is 24.3 Å². The summed E-state index contributed by atoms with van der Waals surface area (Å²) < 4.78 is 0. The largest absolute Gasteiger partial charge is 0.352 e. The summed E-state index contributed by atoms with van der Waals surface area (Å²) in [7, 11) is 0. The van der Waals surface area contributed by atoms with Crippen LogP contribution in [0.1, 0.15) is 51.7 Å². The van der Waals surface area contributed by atoms with Crippen LogP contribution in [-0.4, -0.2) is 23.9 Å². The summed E-state index contributed by atoms with van der Waals surface area (Å²) in [6.07, 6.45) is 2.00. The predicted octanol–water partition coefficient (Wildman–Crippen LogP) is 3.58. The molecule has 0 aliphatic carbocycles. The van der Waals surface area contributed by atoms with Crippen LogP contribution in [0, 0.1) is 5.92 Å². The monoisotopic (exact) mass is 290 g/mol. The number of hydrogen-bond acceptors (Lipinski definition) is 2. The van der Waals surface area contributed by atoms with Crippen molar-refractivity contribution in [3.63, 3.8) is 0 Å². The first-order valence-electron chi connectivity index (χ1n) is 8.18. The van der Waals surface area contributed by atoms with Crippen molar-refractivity contribution in [3.8, 4) is 0 Å². The van der Waals surface area contributed by atoms with Crippen LogP contribution >= 0.6 is 0 Å². The fourth-order valence-electron chi connectivity index (χ4n) is 2.40. The van der Waals surface area contributed by atoms with Crippen molar-refractivity contribution in [3.05, 3.63) is 35.4 Å². The van der Waals surface area contributed by atoms with E-state index in [-0.39, 0.29) is 11.8 Å². The third-order valence-electron chi connectivity index (χ3n) is 3.96. The van der Waals surface area contributed by atoms with E-state index in [1.165, 1.54) is 5.56 Å². The minimum absolute atomic E-state index is 0.108. The molecular weight excluding hydrogens is 260 g/mol. The summed E-state index contributed by atoms with van der Waals surface area (Å²) in [4.78, 5) is 14.3. The lowest BCUT2D eigenvalue weighted by molar-refractivity contribution is -0.124. The van der Waals surface area contributed by atoms with Crippen LogP contribution in [0.2, 0.25) is 0 Å². The molecule has 0 aliphatic rings. The molecule has 118 valence electrons. The number of amides is 1. The highest BCUT2D eigenvalue weighted by Crippen LogP contribution is 2.09. The Labute approximate surface area is 129 Å². The molecule has 0 aromatic heterocycles. The van der Waals surface area contributed by atoms with Crippen molar-refractivity contribution in [2.24, 2.45) is 5.92 Å². The van der Waals surface area contributed by atoms with Crippen LogP contribution in [-0.2, 0) is 17.9 Å². The van der Waals surface area contributed by atoms with Crippen LogP contribution in [0.25, 0.3) is 0 Å². The molecule has 1 N–H and O–H groups in total. The molecule has 1 atom stereocenters. The molecule has 1 amide bonds. The molecule has 21 heavy (non-hydrogen) atoms. The van der Waals surface area contributed by atoms with E-state index in [2.05, 4.69) is 55.3 Å². The Morgan fingerprint density at radius 3 is 2.19 bits per heavy atom. The second-order valence-electron chi connectivity index (χ2n) is 5.69. The van der Waals surface area contributed by atoms with Crippen LogP contribution in [0.4, 0.5) is 0 Å². The molecule has 0 aliphatic heterocycles. The Balaban J connectivity index is 2.46. The summed E-state index contributed by atoms with van der Waals surface area (Å²) in [6, 6.07) is 8.55. The zero-order chi connectivity index (χ0) is 15.7. The van der Waals surface area contributed by atoms with Crippen LogP contribution in [0.3, 0.4) is 0 Å². The van der Waals surface area contributed by atoms with Gasteiger partial charge in [0.2, 0.25) is 5.91 Å². The first kappa shape index (κ1) is 17.7. The Bertz CT molecular complexity index is 410. The number of nitrogens with zero attached hydrogens (tertiary/aromatic N) is 1. The van der Waals surface area contributed by atoms with Crippen molar-refractivity contribution in [2.75, 3.05) is 13.1 Å². The van der Waals surface area contributed by atoms with E-state index in [1.807, 2.05) is 6.92 Å². The zero-order valence-corrected chi connectivity index (χ0v) is 14.0. The number of carbonyl (C=O) groups is 1. The molecule has 3 nitrogen and oxygen atoms in total. The van der Waals surface area contributed by atoms with Gasteiger partial charge in [-0.3, -0.25) is 9.69 Å². The van der Waals surface area contributed by atoms with Gasteiger partial charge in [-0.15, -0.1) is 0 Å². The summed E-state index contributed by atoms with van der Waals surface area (Å²) >= 11 is 0. The molecule has 0 spiro atoms. The molecule has 1 aromatic carbocycles. The Morgan fingerprint density at radius 1 is 1.10 bits per heavy atom. The van der Waals surface area contributed by atoms with E-state index in [0.29, 0.717) is 6.54 Å². The molecule has 0 radical (unpaired) electrons. The highest BCUT2D eigenvalue weighted by Gasteiger charge is 2.10. The van der Waals surface area contributed by atoms with E-state index in [0.717, 1.165) is 38.0 Å². The van der Waals surface area contributed by atoms with Gasteiger partial charge in [-0.2, -0.15) is 0 Å². The average Bonchev–Trinajstić information content (AvgIpc) is 2.51. The van der Waals surface area contributed by atoms with Gasteiger partial charge in [0.1, 0.15) is 0 Å². The summed E-state index contributed by atoms with van der Waals surface area (Å²) in [5.41, 5.74) is 2.49. The molecule has 0 saturated carbocycles. The fraction of sp³-hybridized carbons (Fsp3) is 0.611. The summed E-state index contributed by atoms with van der Waals surface area (Å²) in [5.74, 6) is 0.265. The molecule has 3 heteroatoms. The van der Waals surface area contributed by atoms with Crippen LogP contribution in [0.5, 0.6) is 0 Å². The van der Waals surface area contributed by atoms with E-state index in [1.54, 1.807) is 0 Å². The minimum Gasteiger partial charge on any atom is -0.352 e. The quantitative estimate of drug-likeness (QED) is 0.754. The Hall–Kier alpha value is -1.35. The summed E-state index contributed by atoms with van der Waals surface area (Å²) in [5, 5.41) is 3.02. The Morgan fingerprint density at radius 2 is 1.67 bits per heavy atom. The second kappa shape index (κ2) is 9.56. The van der Waals surface area contributed by atoms with Gasteiger partial charge >= 0.3 is 0 Å². The number of hydrogen-bond donors (Lipinski definition) is 1. The second-order valence-corrected chi connectivity index (χ2v) is 5.69. The Kier molecular flexibility index (Phi) is 8.06. The number of nitrogens with one attached hydrogen (secondary N) is 1. The highest BCUT2D eigenvalue weighted by atomic mass is 16.1. The van der Waals surface area contributed by atoms with Crippen molar-refractivity contribution in [2.45, 2.75) is 53.6 Å². The van der Waals surface area contributed by atoms with Crippen LogP contribution < -0.4 is 5.32 Å². The molecule has 0 saturated heterocycles. The summed E-state index contributed by atoms with van der Waals surface area (Å²) in [6.45, 7) is 12.2. The maximum atomic E-state index is 11.9. The van der Waals surface area contributed by atoms with Crippen molar-refractivity contribution in [1.82, 2.24) is 10.2 Å². The van der Waals surface area contributed by atoms with E-state index in [4.69, 9.17) is 0 Å². The molecule has 1 unspecified atom stereocenters. The zero-order valence-electron chi connectivity index (χ0n) is 14.0. The number of rotatable bonds is 9. The fourth-order valence-corrected chi connectivity index (χ4v) is 2.40. The predicted molar refractivity (Wildman–Crippen MR) is 89.0 cm³/mol. The van der Waals surface area contributed by atoms with Gasteiger partial charge in [0.15, 0.2) is 0 Å². The van der Waals surface area contributed by atoms with Gasteiger partial charge < -0.3 is 5.32 Å². The smallest absolute Gasteiger partial charge is 0.223 e. The average molecular weight is 290 g/mol. The topological polar surface area (TPSA) is 32.3 Å². The standard InChI is InChI=1S/C18H30N2O/c1-5-8-15(4)18(21)19-13-16-9-11-17(12-10-16)14-20(6-2)7-3/h9-12,15H,5-8,13-14H2,1-4H3,(H,19,21). The van der Waals surface area contributed by atoms with Crippen molar-refractivity contribution >= 4 is 5.91 Å². The van der Waals surface area contributed by atoms with Gasteiger partial charge in [-0.05, 0) is 30.6 Å². The van der Waals surface area contributed by atoms with E-state index < -0.39 is 0 Å². The lowest BCUT2D eigenvalue weighted by atomic mass is 10.1. The van der Waals surface area contributed by atoms with Gasteiger partial charge in [0.05, 0.1) is 0 Å². The maximum absolute atomic E-state index is 11.9. The van der Waals surface area contributed by atoms with Crippen molar-refractivity contribution in [1.29, 1.82) is 0 Å². The van der Waals surface area contributed by atoms with Crippen molar-refractivity contribution < 1.29 is 4.79 Å². The van der Waals surface area contributed by atoms with Gasteiger partial charge in [0, 0.05) is 19.0 Å². The van der Waals surface area contributed by atoms with E-state index >= 15 is 0 Å². The normalized spacial score (nSPS) is 12.4. The molecular formula is C18H30N2O. The molecule has 0 fully saturated rings. The van der Waals surface area contributed by atoms with Gasteiger partial charge in [-0.1, -0.05) is 58.4 Å². The molecule has 1 rings (SSSR count). The number of carbonyl (C=O) groups excluding carboxylic acids is 1. The first-order chi connectivity index (χ1) is 10.1. The lowest BCUT2D eigenvalue weighted by Gasteiger charge is -2.18. The number of benzene rings is 1. The SMILES string of the molecule is CCCC(C)C(=O)NCc1ccc(CN(CC)CC)cc1. The van der Waals surface area contributed by atoms with Gasteiger partial charge in [-0.25, -0.2) is 0 Å². The lowest BCUT2D eigenvalue weighted by Crippen LogP contribution is -2.28. The highest BCUT2D eigenvalue weighted by molar-refractivity contribution is 5.78. The maximum Gasteiger partial charge on any atom is 0.223 e. The third-order valence-corrected chi connectivity index (χ3v) is 3.96. The molecule has 0 heterocycles. The minimum atomic E-state index is 0.108. The molecule has 0 bridgehead atoms. The first-order valence-corrected chi connectivity index (χ1v) is 8.18.